The quantitative estimate of drug-likeness (QED) is 0.0778. The lowest BCUT2D eigenvalue weighted by atomic mass is 10.1. The number of fused-ring (bicyclic) bond motifs is 1. The van der Waals surface area contributed by atoms with Crippen molar-refractivity contribution in [3.63, 3.8) is 0 Å². The lowest BCUT2D eigenvalue weighted by molar-refractivity contribution is -0.124. The SMILES string of the molecule is COC(=O)N(C)c1cc(C(=O)Nc2ccc(C)cc2OCCCCCC(=O)NN(C)C)ccc1NC(=O)c1cccc2[nH]c(CN)nc12.Cl.Cl.Cl. The van der Waals surface area contributed by atoms with Crippen molar-refractivity contribution >= 4 is 89.1 Å². The lowest BCUT2D eigenvalue weighted by Crippen LogP contribution is -2.35. The van der Waals surface area contributed by atoms with E-state index in [1.807, 2.05) is 19.1 Å². The number of aryl methyl sites for hydroxylation is 1. The molecule has 14 nitrogen and oxygen atoms in total. The third kappa shape index (κ3) is 12.0. The first-order chi connectivity index (χ1) is 23.0. The number of amides is 4. The Bertz CT molecular complexity index is 1800. The number of hydrogen-bond acceptors (Lipinski definition) is 9. The zero-order chi connectivity index (χ0) is 34.8. The second kappa shape index (κ2) is 20.9. The van der Waals surface area contributed by atoms with E-state index in [9.17, 15) is 19.2 Å². The van der Waals surface area contributed by atoms with Crippen LogP contribution in [-0.4, -0.2) is 73.7 Å². The third-order valence-electron chi connectivity index (χ3n) is 7.36. The number of hydrazine groups is 1. The van der Waals surface area contributed by atoms with E-state index in [2.05, 4.69) is 26.0 Å². The molecule has 0 unspecified atom stereocenters. The minimum Gasteiger partial charge on any atom is -0.491 e. The van der Waals surface area contributed by atoms with Gasteiger partial charge in [-0.05, 0) is 74.2 Å². The van der Waals surface area contributed by atoms with Gasteiger partial charge in [-0.2, -0.15) is 0 Å². The maximum Gasteiger partial charge on any atom is 0.413 e. The molecule has 17 heteroatoms. The number of aromatic amines is 1. The molecule has 4 aromatic rings. The highest BCUT2D eigenvalue weighted by Crippen LogP contribution is 2.31. The largest absolute Gasteiger partial charge is 0.491 e. The molecule has 278 valence electrons. The highest BCUT2D eigenvalue weighted by atomic mass is 35.5. The Labute approximate surface area is 315 Å². The van der Waals surface area contributed by atoms with Crippen molar-refractivity contribution in [3.8, 4) is 5.75 Å². The summed E-state index contributed by atoms with van der Waals surface area (Å²) in [6.07, 6.45) is 2.00. The number of hydrogen-bond donors (Lipinski definition) is 5. The molecule has 4 amide bonds. The maximum absolute atomic E-state index is 13.5. The predicted octanol–water partition coefficient (Wildman–Crippen LogP) is 5.83. The van der Waals surface area contributed by atoms with Crippen LogP contribution in [0.5, 0.6) is 5.75 Å². The second-order valence-corrected chi connectivity index (χ2v) is 11.3. The summed E-state index contributed by atoms with van der Waals surface area (Å²) in [5.74, 6) is 0.0913. The van der Waals surface area contributed by atoms with Crippen LogP contribution in [-0.2, 0) is 16.1 Å². The molecule has 0 fully saturated rings. The molecule has 0 saturated heterocycles. The van der Waals surface area contributed by atoms with Gasteiger partial charge in [-0.15, -0.1) is 37.2 Å². The lowest BCUT2D eigenvalue weighted by Gasteiger charge is -2.21. The second-order valence-electron chi connectivity index (χ2n) is 11.3. The summed E-state index contributed by atoms with van der Waals surface area (Å²) in [4.78, 5) is 60.0. The van der Waals surface area contributed by atoms with Gasteiger partial charge in [0.25, 0.3) is 11.8 Å². The van der Waals surface area contributed by atoms with E-state index in [0.717, 1.165) is 24.8 Å². The van der Waals surface area contributed by atoms with E-state index in [1.54, 1.807) is 55.5 Å². The summed E-state index contributed by atoms with van der Waals surface area (Å²) in [6, 6.07) is 15.2. The van der Waals surface area contributed by atoms with Crippen molar-refractivity contribution in [2.75, 3.05) is 50.4 Å². The number of rotatable bonds is 14. The number of aromatic nitrogens is 2. The standard InChI is InChI=1S/C34H42N8O6.3ClH/c1-21-13-15-25(28(18-21)48-17-8-6-7-12-30(43)40-41(2)3)38-32(44)22-14-16-24(27(19-22)42(4)34(46)47-5)37-33(45)23-10-9-11-26-31(23)39-29(20-35)36-26;;;/h9-11,13-16,18-19H,6-8,12,17,20,35H2,1-5H3,(H,36,39)(H,37,45)(H,38,44)(H,40,43);3*1H. The monoisotopic (exact) mass is 766 g/mol. The van der Waals surface area contributed by atoms with Crippen LogP contribution in [0.4, 0.5) is 21.9 Å². The zero-order valence-electron chi connectivity index (χ0n) is 29.0. The molecule has 3 aromatic carbocycles. The Morgan fingerprint density at radius 1 is 0.882 bits per heavy atom. The number of nitrogens with two attached hydrogens (primary N) is 1. The molecule has 0 bridgehead atoms. The molecule has 1 heterocycles. The molecule has 0 radical (unpaired) electrons. The Balaban J connectivity index is 0.00000433. The zero-order valence-corrected chi connectivity index (χ0v) is 31.5. The normalized spacial score (nSPS) is 10.3. The minimum absolute atomic E-state index is 0. The van der Waals surface area contributed by atoms with Crippen LogP contribution in [0.15, 0.2) is 54.6 Å². The van der Waals surface area contributed by atoms with Gasteiger partial charge in [-0.1, -0.05) is 12.1 Å². The number of methoxy groups -OCH3 is 1. The number of halogens is 3. The summed E-state index contributed by atoms with van der Waals surface area (Å²) in [5, 5.41) is 7.35. The molecule has 4 rings (SSSR count). The molecule has 51 heavy (non-hydrogen) atoms. The first kappa shape index (κ1) is 44.4. The third-order valence-corrected chi connectivity index (χ3v) is 7.36. The number of carbonyl (C=O) groups excluding carboxylic acids is 4. The number of para-hydroxylation sites is 1. The molecule has 0 aliphatic heterocycles. The molecule has 0 aliphatic carbocycles. The Kier molecular flexibility index (Phi) is 18.2. The highest BCUT2D eigenvalue weighted by molar-refractivity contribution is 6.14. The van der Waals surface area contributed by atoms with Gasteiger partial charge in [0.05, 0.1) is 48.4 Å². The molecule has 0 aliphatic rings. The van der Waals surface area contributed by atoms with Gasteiger partial charge in [0.15, 0.2) is 0 Å². The summed E-state index contributed by atoms with van der Waals surface area (Å²) in [7, 11) is 6.24. The first-order valence-corrected chi connectivity index (χ1v) is 15.5. The van der Waals surface area contributed by atoms with Crippen molar-refractivity contribution in [2.45, 2.75) is 39.2 Å². The van der Waals surface area contributed by atoms with Gasteiger partial charge in [0, 0.05) is 33.1 Å². The summed E-state index contributed by atoms with van der Waals surface area (Å²) in [6.45, 7) is 2.51. The molecule has 0 atom stereocenters. The molecule has 0 spiro atoms. The molecule has 0 saturated carbocycles. The smallest absolute Gasteiger partial charge is 0.413 e. The van der Waals surface area contributed by atoms with Crippen molar-refractivity contribution in [3.05, 3.63) is 77.1 Å². The van der Waals surface area contributed by atoms with Crippen LogP contribution in [0.1, 0.15) is 57.8 Å². The van der Waals surface area contributed by atoms with Crippen molar-refractivity contribution < 1.29 is 28.7 Å². The average molecular weight is 768 g/mol. The van der Waals surface area contributed by atoms with E-state index in [-0.39, 0.29) is 66.6 Å². The topological polar surface area (TPSA) is 184 Å². The summed E-state index contributed by atoms with van der Waals surface area (Å²) < 4.78 is 10.9. The van der Waals surface area contributed by atoms with Crippen molar-refractivity contribution in [1.82, 2.24) is 20.4 Å². The number of carbonyl (C=O) groups is 4. The number of nitrogens with one attached hydrogen (secondary N) is 4. The Morgan fingerprint density at radius 2 is 1.59 bits per heavy atom. The van der Waals surface area contributed by atoms with Crippen LogP contribution in [0.2, 0.25) is 0 Å². The Morgan fingerprint density at radius 3 is 2.27 bits per heavy atom. The fraction of sp³-hybridized carbons (Fsp3) is 0.324. The predicted molar refractivity (Wildman–Crippen MR) is 206 cm³/mol. The van der Waals surface area contributed by atoms with Crippen LogP contribution >= 0.6 is 37.2 Å². The average Bonchev–Trinajstić information content (AvgIpc) is 3.50. The number of nitrogens with zero attached hydrogens (tertiary/aromatic N) is 3. The summed E-state index contributed by atoms with van der Waals surface area (Å²) in [5.41, 5.74) is 12.0. The highest BCUT2D eigenvalue weighted by Gasteiger charge is 2.21. The van der Waals surface area contributed by atoms with Crippen molar-refractivity contribution in [2.24, 2.45) is 5.73 Å². The number of benzene rings is 3. The Hall–Kier alpha value is -4.60. The van der Waals surface area contributed by atoms with Gasteiger partial charge in [-0.25, -0.2) is 14.8 Å². The fourth-order valence-electron chi connectivity index (χ4n) is 4.94. The number of ether oxygens (including phenoxy) is 2. The van der Waals surface area contributed by atoms with Gasteiger partial charge in [-0.3, -0.25) is 24.7 Å². The molecule has 1 aromatic heterocycles. The minimum atomic E-state index is -0.697. The van der Waals surface area contributed by atoms with Gasteiger partial charge < -0.3 is 30.8 Å². The van der Waals surface area contributed by atoms with E-state index < -0.39 is 17.9 Å². The number of imidazole rings is 1. The van der Waals surface area contributed by atoms with E-state index in [1.165, 1.54) is 25.1 Å². The van der Waals surface area contributed by atoms with Crippen LogP contribution in [0.3, 0.4) is 0 Å². The van der Waals surface area contributed by atoms with Crippen LogP contribution < -0.4 is 31.4 Å². The van der Waals surface area contributed by atoms with Gasteiger partial charge in [0.2, 0.25) is 5.91 Å². The number of unbranched alkanes of at least 4 members (excludes halogenated alkanes) is 2. The molecular formula is C34H45Cl3N8O6. The number of H-pyrrole nitrogens is 1. The van der Waals surface area contributed by atoms with E-state index in [0.29, 0.717) is 46.9 Å². The van der Waals surface area contributed by atoms with E-state index >= 15 is 0 Å². The van der Waals surface area contributed by atoms with Gasteiger partial charge >= 0.3 is 6.09 Å². The first-order valence-electron chi connectivity index (χ1n) is 15.5. The van der Waals surface area contributed by atoms with Crippen LogP contribution in [0.25, 0.3) is 11.0 Å². The number of anilines is 3. The van der Waals surface area contributed by atoms with Crippen LogP contribution in [0, 0.1) is 6.92 Å². The molecule has 6 N–H and O–H groups in total. The van der Waals surface area contributed by atoms with E-state index in [4.69, 9.17) is 15.2 Å². The van der Waals surface area contributed by atoms with Crippen molar-refractivity contribution in [1.29, 1.82) is 0 Å². The summed E-state index contributed by atoms with van der Waals surface area (Å²) >= 11 is 0. The van der Waals surface area contributed by atoms with Gasteiger partial charge in [0.1, 0.15) is 17.1 Å². The maximum atomic E-state index is 13.5. The molecular weight excluding hydrogens is 723 g/mol. The fourth-order valence-corrected chi connectivity index (χ4v) is 4.94.